The maximum atomic E-state index is 6.16. The largest absolute Gasteiger partial charge is 0.497 e. The molecule has 0 fully saturated rings. The van der Waals surface area contributed by atoms with Crippen molar-refractivity contribution in [2.24, 2.45) is 11.7 Å². The zero-order valence-electron chi connectivity index (χ0n) is 10.7. The number of ether oxygens (including phenoxy) is 1. The molecule has 1 aromatic carbocycles. The van der Waals surface area contributed by atoms with Crippen molar-refractivity contribution in [3.05, 3.63) is 28.8 Å². The Bertz CT molecular complexity index is 355. The van der Waals surface area contributed by atoms with Crippen LogP contribution in [0.1, 0.15) is 19.4 Å². The van der Waals surface area contributed by atoms with E-state index in [1.165, 1.54) is 0 Å². The molecule has 1 atom stereocenters. The molecule has 0 radical (unpaired) electrons. The van der Waals surface area contributed by atoms with Crippen molar-refractivity contribution in [2.75, 3.05) is 13.7 Å². The first kappa shape index (κ1) is 14.3. The summed E-state index contributed by atoms with van der Waals surface area (Å²) in [4.78, 5) is 0. The van der Waals surface area contributed by atoms with Crippen LogP contribution in [0.5, 0.6) is 5.75 Å². The molecule has 0 spiro atoms. The Morgan fingerprint density at radius 2 is 2.12 bits per heavy atom. The van der Waals surface area contributed by atoms with E-state index >= 15 is 0 Å². The van der Waals surface area contributed by atoms with E-state index in [-0.39, 0.29) is 0 Å². The SMILES string of the molecule is COc1ccc(CNC(CN)C(C)C)c(Cl)c1. The van der Waals surface area contributed by atoms with Gasteiger partial charge >= 0.3 is 0 Å². The molecule has 0 saturated carbocycles. The third kappa shape index (κ3) is 4.19. The number of hydrogen-bond acceptors (Lipinski definition) is 3. The van der Waals surface area contributed by atoms with Gasteiger partial charge in [0.2, 0.25) is 0 Å². The summed E-state index contributed by atoms with van der Waals surface area (Å²) in [6, 6.07) is 6.02. The summed E-state index contributed by atoms with van der Waals surface area (Å²) in [5.41, 5.74) is 6.77. The topological polar surface area (TPSA) is 47.3 Å². The first-order valence-corrected chi connectivity index (χ1v) is 6.22. The van der Waals surface area contributed by atoms with Crippen molar-refractivity contribution in [1.29, 1.82) is 0 Å². The minimum absolute atomic E-state index is 0.313. The summed E-state index contributed by atoms with van der Waals surface area (Å²) in [7, 11) is 1.63. The molecular weight excluding hydrogens is 236 g/mol. The Hall–Kier alpha value is -0.770. The molecule has 96 valence electrons. The monoisotopic (exact) mass is 256 g/mol. The molecule has 0 saturated heterocycles. The lowest BCUT2D eigenvalue weighted by atomic mass is 10.0. The second-order valence-corrected chi connectivity index (χ2v) is 4.83. The van der Waals surface area contributed by atoms with E-state index in [4.69, 9.17) is 22.1 Å². The Labute approximate surface area is 108 Å². The van der Waals surface area contributed by atoms with E-state index in [1.54, 1.807) is 7.11 Å². The van der Waals surface area contributed by atoms with Crippen molar-refractivity contribution in [2.45, 2.75) is 26.4 Å². The van der Waals surface area contributed by atoms with Gasteiger partial charge in [-0.25, -0.2) is 0 Å². The van der Waals surface area contributed by atoms with Crippen molar-refractivity contribution in [3.63, 3.8) is 0 Å². The van der Waals surface area contributed by atoms with Gasteiger partial charge < -0.3 is 15.8 Å². The molecule has 0 amide bonds. The Balaban J connectivity index is 2.63. The zero-order valence-corrected chi connectivity index (χ0v) is 11.4. The zero-order chi connectivity index (χ0) is 12.8. The fourth-order valence-corrected chi connectivity index (χ4v) is 1.87. The highest BCUT2D eigenvalue weighted by Crippen LogP contribution is 2.22. The maximum Gasteiger partial charge on any atom is 0.120 e. The Kier molecular flexibility index (Phi) is 5.75. The number of nitrogens with one attached hydrogen (secondary N) is 1. The molecule has 0 aliphatic carbocycles. The Morgan fingerprint density at radius 3 is 2.59 bits per heavy atom. The smallest absolute Gasteiger partial charge is 0.120 e. The standard InChI is InChI=1S/C13H21ClN2O/c1-9(2)13(7-15)16-8-10-4-5-11(17-3)6-12(10)14/h4-6,9,13,16H,7-8,15H2,1-3H3. The summed E-state index contributed by atoms with van der Waals surface area (Å²) in [6.07, 6.45) is 0. The van der Waals surface area contributed by atoms with Gasteiger partial charge in [-0.2, -0.15) is 0 Å². The number of nitrogens with two attached hydrogens (primary N) is 1. The van der Waals surface area contributed by atoms with Crippen LogP contribution >= 0.6 is 11.6 Å². The second kappa shape index (κ2) is 6.84. The fraction of sp³-hybridized carbons (Fsp3) is 0.538. The van der Waals surface area contributed by atoms with Crippen LogP contribution in [0.3, 0.4) is 0 Å². The van der Waals surface area contributed by atoms with Crippen LogP contribution in [-0.2, 0) is 6.54 Å². The first-order valence-electron chi connectivity index (χ1n) is 5.84. The third-order valence-electron chi connectivity index (χ3n) is 2.87. The van der Waals surface area contributed by atoms with Crippen LogP contribution in [0.15, 0.2) is 18.2 Å². The number of benzene rings is 1. The Morgan fingerprint density at radius 1 is 1.41 bits per heavy atom. The van der Waals surface area contributed by atoms with E-state index in [2.05, 4.69) is 19.2 Å². The van der Waals surface area contributed by atoms with E-state index in [9.17, 15) is 0 Å². The van der Waals surface area contributed by atoms with Crippen LogP contribution in [-0.4, -0.2) is 19.7 Å². The van der Waals surface area contributed by atoms with Crippen LogP contribution in [0.4, 0.5) is 0 Å². The quantitative estimate of drug-likeness (QED) is 0.822. The van der Waals surface area contributed by atoms with Gasteiger partial charge in [-0.15, -0.1) is 0 Å². The van der Waals surface area contributed by atoms with Crippen LogP contribution in [0, 0.1) is 5.92 Å². The second-order valence-electron chi connectivity index (χ2n) is 4.42. The normalized spacial score (nSPS) is 12.8. The lowest BCUT2D eigenvalue weighted by Gasteiger charge is -2.21. The van der Waals surface area contributed by atoms with Crippen molar-refractivity contribution in [3.8, 4) is 5.75 Å². The number of halogens is 1. The van der Waals surface area contributed by atoms with Gasteiger partial charge in [0.15, 0.2) is 0 Å². The van der Waals surface area contributed by atoms with Crippen LogP contribution in [0.25, 0.3) is 0 Å². The minimum Gasteiger partial charge on any atom is -0.497 e. The molecule has 0 aromatic heterocycles. The van der Waals surface area contributed by atoms with E-state index in [1.807, 2.05) is 18.2 Å². The average molecular weight is 257 g/mol. The van der Waals surface area contributed by atoms with Gasteiger partial charge in [0, 0.05) is 24.2 Å². The van der Waals surface area contributed by atoms with E-state index < -0.39 is 0 Å². The highest BCUT2D eigenvalue weighted by Gasteiger charge is 2.11. The molecule has 0 heterocycles. The lowest BCUT2D eigenvalue weighted by Crippen LogP contribution is -2.39. The van der Waals surface area contributed by atoms with Crippen molar-refractivity contribution < 1.29 is 4.74 Å². The number of rotatable bonds is 6. The predicted octanol–water partition coefficient (Wildman–Crippen LogP) is 2.42. The van der Waals surface area contributed by atoms with Gasteiger partial charge in [0.1, 0.15) is 5.75 Å². The average Bonchev–Trinajstić information content (AvgIpc) is 2.31. The molecule has 17 heavy (non-hydrogen) atoms. The molecule has 3 N–H and O–H groups in total. The summed E-state index contributed by atoms with van der Waals surface area (Å²) in [6.45, 7) is 5.66. The summed E-state index contributed by atoms with van der Waals surface area (Å²) in [5, 5.41) is 4.13. The minimum atomic E-state index is 0.313. The molecule has 0 bridgehead atoms. The molecule has 1 aromatic rings. The van der Waals surface area contributed by atoms with Gasteiger partial charge in [0.25, 0.3) is 0 Å². The lowest BCUT2D eigenvalue weighted by molar-refractivity contribution is 0.403. The van der Waals surface area contributed by atoms with Gasteiger partial charge in [0.05, 0.1) is 7.11 Å². The van der Waals surface area contributed by atoms with Gasteiger partial charge in [-0.3, -0.25) is 0 Å². The summed E-state index contributed by atoms with van der Waals surface area (Å²) < 4.78 is 5.11. The van der Waals surface area contributed by atoms with Crippen molar-refractivity contribution >= 4 is 11.6 Å². The van der Waals surface area contributed by atoms with Crippen LogP contribution in [0.2, 0.25) is 5.02 Å². The molecular formula is C13H21ClN2O. The predicted molar refractivity (Wildman–Crippen MR) is 72.5 cm³/mol. The third-order valence-corrected chi connectivity index (χ3v) is 3.23. The number of hydrogen-bond donors (Lipinski definition) is 2. The molecule has 1 unspecified atom stereocenters. The molecule has 0 aliphatic rings. The molecule has 4 heteroatoms. The number of methoxy groups -OCH3 is 1. The maximum absolute atomic E-state index is 6.16. The molecule has 3 nitrogen and oxygen atoms in total. The van der Waals surface area contributed by atoms with Gasteiger partial charge in [-0.1, -0.05) is 31.5 Å². The highest BCUT2D eigenvalue weighted by atomic mass is 35.5. The van der Waals surface area contributed by atoms with Gasteiger partial charge in [-0.05, 0) is 23.6 Å². The van der Waals surface area contributed by atoms with E-state index in [0.29, 0.717) is 18.5 Å². The van der Waals surface area contributed by atoms with Crippen LogP contribution < -0.4 is 15.8 Å². The summed E-state index contributed by atoms with van der Waals surface area (Å²) >= 11 is 6.16. The van der Waals surface area contributed by atoms with Crippen molar-refractivity contribution in [1.82, 2.24) is 5.32 Å². The molecule has 0 aliphatic heterocycles. The van der Waals surface area contributed by atoms with E-state index in [0.717, 1.165) is 22.9 Å². The first-order chi connectivity index (χ1) is 8.08. The fourth-order valence-electron chi connectivity index (χ4n) is 1.63. The highest BCUT2D eigenvalue weighted by molar-refractivity contribution is 6.31. The molecule has 1 rings (SSSR count). The summed E-state index contributed by atoms with van der Waals surface area (Å²) in [5.74, 6) is 1.29.